The SMILES string of the molecule is COc1ncc(Cl)c(Oc2ccc(CCO)cc2)n1. The lowest BCUT2D eigenvalue weighted by atomic mass is 10.1. The van der Waals surface area contributed by atoms with Gasteiger partial charge >= 0.3 is 6.01 Å². The molecule has 0 saturated heterocycles. The minimum Gasteiger partial charge on any atom is -0.467 e. The van der Waals surface area contributed by atoms with E-state index in [1.54, 1.807) is 12.1 Å². The third-order valence-corrected chi connectivity index (χ3v) is 2.67. The number of halogens is 1. The third kappa shape index (κ3) is 3.56. The van der Waals surface area contributed by atoms with Gasteiger partial charge in [-0.25, -0.2) is 4.98 Å². The molecule has 0 bridgehead atoms. The highest BCUT2D eigenvalue weighted by Gasteiger charge is 2.08. The van der Waals surface area contributed by atoms with E-state index in [-0.39, 0.29) is 18.5 Å². The molecular weight excluding hydrogens is 268 g/mol. The van der Waals surface area contributed by atoms with Gasteiger partial charge < -0.3 is 14.6 Å². The summed E-state index contributed by atoms with van der Waals surface area (Å²) in [5.74, 6) is 0.841. The number of aromatic nitrogens is 2. The zero-order chi connectivity index (χ0) is 13.7. The average Bonchev–Trinajstić information content (AvgIpc) is 2.44. The molecule has 6 heteroatoms. The van der Waals surface area contributed by atoms with Crippen molar-refractivity contribution in [3.05, 3.63) is 41.0 Å². The number of benzene rings is 1. The van der Waals surface area contributed by atoms with Crippen molar-refractivity contribution in [3.8, 4) is 17.6 Å². The van der Waals surface area contributed by atoms with Gasteiger partial charge in [-0.1, -0.05) is 23.7 Å². The Bertz CT molecular complexity index is 546. The molecular formula is C13H13ClN2O3. The average molecular weight is 281 g/mol. The molecule has 2 rings (SSSR count). The molecule has 0 fully saturated rings. The summed E-state index contributed by atoms with van der Waals surface area (Å²) < 4.78 is 10.5. The standard InChI is InChI=1S/C13H13ClN2O3/c1-18-13-15-8-11(14)12(16-13)19-10-4-2-9(3-5-10)6-7-17/h2-5,8,17H,6-7H2,1H3. The Morgan fingerprint density at radius 2 is 2.00 bits per heavy atom. The molecule has 1 heterocycles. The maximum absolute atomic E-state index is 8.84. The van der Waals surface area contributed by atoms with E-state index in [0.717, 1.165) is 5.56 Å². The van der Waals surface area contributed by atoms with Crippen LogP contribution >= 0.6 is 11.6 Å². The lowest BCUT2D eigenvalue weighted by Crippen LogP contribution is -1.96. The van der Waals surface area contributed by atoms with Gasteiger partial charge in [0.25, 0.3) is 0 Å². The van der Waals surface area contributed by atoms with Crippen molar-refractivity contribution in [1.82, 2.24) is 9.97 Å². The number of nitrogens with zero attached hydrogens (tertiary/aromatic N) is 2. The van der Waals surface area contributed by atoms with Crippen molar-refractivity contribution in [1.29, 1.82) is 0 Å². The molecule has 0 unspecified atom stereocenters. The summed E-state index contributed by atoms with van der Waals surface area (Å²) in [6.07, 6.45) is 2.03. The van der Waals surface area contributed by atoms with Crippen LogP contribution < -0.4 is 9.47 Å². The Hall–Kier alpha value is -1.85. The molecule has 0 atom stereocenters. The predicted molar refractivity (Wildman–Crippen MR) is 70.9 cm³/mol. The molecule has 0 radical (unpaired) electrons. The predicted octanol–water partition coefficient (Wildman–Crippen LogP) is 2.47. The molecule has 0 amide bonds. The molecule has 19 heavy (non-hydrogen) atoms. The number of rotatable bonds is 5. The zero-order valence-corrected chi connectivity index (χ0v) is 11.1. The van der Waals surface area contributed by atoms with E-state index in [1.807, 2.05) is 12.1 Å². The minimum atomic E-state index is 0.120. The van der Waals surface area contributed by atoms with Crippen LogP contribution in [0.25, 0.3) is 0 Å². The lowest BCUT2D eigenvalue weighted by Gasteiger charge is -2.07. The van der Waals surface area contributed by atoms with Gasteiger partial charge in [-0.05, 0) is 24.1 Å². The second-order valence-electron chi connectivity index (χ2n) is 3.73. The van der Waals surface area contributed by atoms with Crippen LogP contribution in [0, 0.1) is 0 Å². The zero-order valence-electron chi connectivity index (χ0n) is 10.3. The van der Waals surface area contributed by atoms with Crippen LogP contribution in [0.15, 0.2) is 30.5 Å². The van der Waals surface area contributed by atoms with Gasteiger partial charge in [0.15, 0.2) is 0 Å². The molecule has 0 spiro atoms. The van der Waals surface area contributed by atoms with Crippen molar-refractivity contribution < 1.29 is 14.6 Å². The first kappa shape index (κ1) is 13.6. The van der Waals surface area contributed by atoms with Gasteiger partial charge in [-0.3, -0.25) is 0 Å². The van der Waals surface area contributed by atoms with Crippen LogP contribution in [0.3, 0.4) is 0 Å². The van der Waals surface area contributed by atoms with E-state index in [1.165, 1.54) is 13.3 Å². The lowest BCUT2D eigenvalue weighted by molar-refractivity contribution is 0.299. The van der Waals surface area contributed by atoms with E-state index >= 15 is 0 Å². The van der Waals surface area contributed by atoms with E-state index in [2.05, 4.69) is 9.97 Å². The highest BCUT2D eigenvalue weighted by Crippen LogP contribution is 2.28. The number of methoxy groups -OCH3 is 1. The minimum absolute atomic E-state index is 0.120. The Labute approximate surface area is 115 Å². The van der Waals surface area contributed by atoms with Crippen LogP contribution in [-0.2, 0) is 6.42 Å². The van der Waals surface area contributed by atoms with Crippen molar-refractivity contribution in [2.75, 3.05) is 13.7 Å². The monoisotopic (exact) mass is 280 g/mol. The van der Waals surface area contributed by atoms with Gasteiger partial charge in [-0.2, -0.15) is 4.98 Å². The summed E-state index contributed by atoms with van der Waals surface area (Å²) >= 11 is 5.95. The quantitative estimate of drug-likeness (QED) is 0.911. The largest absolute Gasteiger partial charge is 0.467 e. The normalized spacial score (nSPS) is 10.3. The Kier molecular flexibility index (Phi) is 4.54. The second-order valence-corrected chi connectivity index (χ2v) is 4.14. The Balaban J connectivity index is 2.16. The first-order valence-corrected chi connectivity index (χ1v) is 6.05. The topological polar surface area (TPSA) is 64.5 Å². The molecule has 100 valence electrons. The van der Waals surface area contributed by atoms with Crippen LogP contribution in [-0.4, -0.2) is 28.8 Å². The van der Waals surface area contributed by atoms with Crippen molar-refractivity contribution in [2.45, 2.75) is 6.42 Å². The second kappa shape index (κ2) is 6.36. The summed E-state index contributed by atoms with van der Waals surface area (Å²) in [5.41, 5.74) is 1.03. The Morgan fingerprint density at radius 1 is 1.26 bits per heavy atom. The maximum atomic E-state index is 8.84. The van der Waals surface area contributed by atoms with Crippen molar-refractivity contribution >= 4 is 11.6 Å². The summed E-state index contributed by atoms with van der Waals surface area (Å²) in [7, 11) is 1.47. The first-order chi connectivity index (χ1) is 9.22. The number of ether oxygens (including phenoxy) is 2. The van der Waals surface area contributed by atoms with Gasteiger partial charge in [0, 0.05) is 6.61 Å². The number of aliphatic hydroxyl groups is 1. The Morgan fingerprint density at radius 3 is 2.63 bits per heavy atom. The fraction of sp³-hybridized carbons (Fsp3) is 0.231. The summed E-state index contributed by atoms with van der Waals surface area (Å²) in [6.45, 7) is 0.120. The van der Waals surface area contributed by atoms with Crippen molar-refractivity contribution in [2.24, 2.45) is 0 Å². The van der Waals surface area contributed by atoms with Crippen LogP contribution in [0.2, 0.25) is 5.02 Å². The molecule has 0 aliphatic heterocycles. The van der Waals surface area contributed by atoms with Crippen LogP contribution in [0.1, 0.15) is 5.56 Å². The number of hydrogen-bond acceptors (Lipinski definition) is 5. The van der Waals surface area contributed by atoms with Gasteiger partial charge in [0.2, 0.25) is 5.88 Å². The van der Waals surface area contributed by atoms with E-state index in [4.69, 9.17) is 26.2 Å². The highest BCUT2D eigenvalue weighted by atomic mass is 35.5. The third-order valence-electron chi connectivity index (χ3n) is 2.41. The number of hydrogen-bond donors (Lipinski definition) is 1. The van der Waals surface area contributed by atoms with Gasteiger partial charge in [-0.15, -0.1) is 0 Å². The fourth-order valence-electron chi connectivity index (χ4n) is 1.47. The molecule has 5 nitrogen and oxygen atoms in total. The number of aliphatic hydroxyl groups excluding tert-OH is 1. The summed E-state index contributed by atoms with van der Waals surface area (Å²) in [6, 6.07) is 7.51. The van der Waals surface area contributed by atoms with Crippen LogP contribution in [0.5, 0.6) is 17.6 Å². The molecule has 0 aliphatic rings. The van der Waals surface area contributed by atoms with Crippen LogP contribution in [0.4, 0.5) is 0 Å². The molecule has 0 aliphatic carbocycles. The smallest absolute Gasteiger partial charge is 0.319 e. The molecule has 1 aromatic carbocycles. The van der Waals surface area contributed by atoms with Gasteiger partial charge in [0.1, 0.15) is 10.8 Å². The van der Waals surface area contributed by atoms with E-state index in [0.29, 0.717) is 17.2 Å². The van der Waals surface area contributed by atoms with Crippen molar-refractivity contribution in [3.63, 3.8) is 0 Å². The summed E-state index contributed by atoms with van der Waals surface area (Å²) in [4.78, 5) is 7.88. The van der Waals surface area contributed by atoms with E-state index in [9.17, 15) is 0 Å². The molecule has 2 aromatic rings. The molecule has 1 aromatic heterocycles. The molecule has 1 N–H and O–H groups in total. The highest BCUT2D eigenvalue weighted by molar-refractivity contribution is 6.31. The first-order valence-electron chi connectivity index (χ1n) is 5.67. The molecule has 0 saturated carbocycles. The fourth-order valence-corrected chi connectivity index (χ4v) is 1.60. The van der Waals surface area contributed by atoms with E-state index < -0.39 is 0 Å². The summed E-state index contributed by atoms with van der Waals surface area (Å²) in [5, 5.41) is 9.14. The maximum Gasteiger partial charge on any atom is 0.319 e. The van der Waals surface area contributed by atoms with Gasteiger partial charge in [0.05, 0.1) is 13.3 Å².